The predicted molar refractivity (Wildman–Crippen MR) is 132 cm³/mol. The van der Waals surface area contributed by atoms with Gasteiger partial charge in [0.1, 0.15) is 16.6 Å². The molecule has 0 spiro atoms. The Morgan fingerprint density at radius 1 is 1.16 bits per heavy atom. The fraction of sp³-hybridized carbons (Fsp3) is 0.292. The normalized spacial score (nSPS) is 16.9. The van der Waals surface area contributed by atoms with Gasteiger partial charge in [0, 0.05) is 36.0 Å². The van der Waals surface area contributed by atoms with Gasteiger partial charge in [-0.15, -0.1) is 10.2 Å². The average Bonchev–Trinajstić information content (AvgIpc) is 3.61. The van der Waals surface area contributed by atoms with E-state index in [1.54, 1.807) is 29.7 Å². The van der Waals surface area contributed by atoms with Crippen molar-refractivity contribution in [3.8, 4) is 21.8 Å². The van der Waals surface area contributed by atoms with Gasteiger partial charge in [0.05, 0.1) is 24.3 Å². The number of aromatic nitrogens is 5. The number of halogens is 4. The summed E-state index contributed by atoms with van der Waals surface area (Å²) in [4.78, 5) is 19.5. The molecule has 6 rings (SSSR count). The van der Waals surface area contributed by atoms with Crippen LogP contribution < -0.4 is 10.6 Å². The van der Waals surface area contributed by atoms with Gasteiger partial charge in [0.15, 0.2) is 0 Å². The number of piperidine rings is 1. The second kappa shape index (κ2) is 10.0. The van der Waals surface area contributed by atoms with E-state index in [1.807, 2.05) is 30.7 Å². The maximum Gasteiger partial charge on any atom is 0.490 e. The second-order valence-electron chi connectivity index (χ2n) is 8.82. The van der Waals surface area contributed by atoms with Crippen LogP contribution in [0.1, 0.15) is 24.4 Å². The van der Waals surface area contributed by atoms with Crippen molar-refractivity contribution < 1.29 is 27.5 Å². The van der Waals surface area contributed by atoms with Crippen LogP contribution in [0.15, 0.2) is 49.1 Å². The Hall–Kier alpha value is -4.07. The van der Waals surface area contributed by atoms with Gasteiger partial charge < -0.3 is 20.3 Å². The van der Waals surface area contributed by atoms with Crippen LogP contribution in [0.5, 0.6) is 0 Å². The molecule has 1 fully saturated rings. The minimum Gasteiger partial charge on any atom is -0.475 e. The van der Waals surface area contributed by atoms with E-state index in [-0.39, 0.29) is 11.9 Å². The molecule has 4 aromatic rings. The Labute approximate surface area is 217 Å². The van der Waals surface area contributed by atoms with Crippen molar-refractivity contribution in [2.75, 3.05) is 23.7 Å². The molecule has 0 radical (unpaired) electrons. The lowest BCUT2D eigenvalue weighted by molar-refractivity contribution is -0.192. The maximum atomic E-state index is 14.8. The molecule has 38 heavy (non-hydrogen) atoms. The fourth-order valence-corrected chi connectivity index (χ4v) is 5.74. The van der Waals surface area contributed by atoms with Crippen LogP contribution in [-0.4, -0.2) is 55.1 Å². The molecular formula is C24H21F4N7O2S. The van der Waals surface area contributed by atoms with Crippen LogP contribution in [0, 0.1) is 11.7 Å². The zero-order valence-corrected chi connectivity index (χ0v) is 20.5. The summed E-state index contributed by atoms with van der Waals surface area (Å²) >= 11 is 1.56. The third-order valence-electron chi connectivity index (χ3n) is 6.53. The number of carboxylic acid groups (broad SMARTS) is 1. The van der Waals surface area contributed by atoms with Gasteiger partial charge in [-0.1, -0.05) is 23.5 Å². The number of hydrogen-bond acceptors (Lipinski definition) is 8. The van der Waals surface area contributed by atoms with Crippen LogP contribution in [0.25, 0.3) is 21.8 Å². The van der Waals surface area contributed by atoms with Crippen molar-refractivity contribution in [1.82, 2.24) is 24.7 Å². The van der Waals surface area contributed by atoms with E-state index in [4.69, 9.17) is 15.6 Å². The monoisotopic (exact) mass is 547 g/mol. The van der Waals surface area contributed by atoms with Crippen molar-refractivity contribution in [2.24, 2.45) is 5.92 Å². The topological polar surface area (TPSA) is 123 Å². The Morgan fingerprint density at radius 3 is 2.58 bits per heavy atom. The average molecular weight is 548 g/mol. The Kier molecular flexibility index (Phi) is 6.73. The number of rotatable bonds is 3. The molecule has 3 N–H and O–H groups in total. The highest BCUT2D eigenvalue weighted by Gasteiger charge is 2.39. The largest absolute Gasteiger partial charge is 0.490 e. The van der Waals surface area contributed by atoms with Crippen LogP contribution in [-0.2, 0) is 4.79 Å². The van der Waals surface area contributed by atoms with Gasteiger partial charge in [-0.25, -0.2) is 19.2 Å². The van der Waals surface area contributed by atoms with Crippen LogP contribution in [0.4, 0.5) is 28.5 Å². The number of nitrogen functional groups attached to an aromatic ring is 1. The highest BCUT2D eigenvalue weighted by atomic mass is 32.1. The summed E-state index contributed by atoms with van der Waals surface area (Å²) in [5, 5.41) is 17.6. The van der Waals surface area contributed by atoms with E-state index in [9.17, 15) is 17.6 Å². The van der Waals surface area contributed by atoms with E-state index >= 15 is 0 Å². The molecule has 1 aromatic carbocycles. The lowest BCUT2D eigenvalue weighted by Crippen LogP contribution is -2.36. The molecule has 0 saturated carbocycles. The van der Waals surface area contributed by atoms with E-state index in [2.05, 4.69) is 29.6 Å². The van der Waals surface area contributed by atoms with E-state index < -0.39 is 12.1 Å². The number of fused-ring (bicyclic) bond motifs is 3. The number of carbonyl (C=O) groups is 1. The van der Waals surface area contributed by atoms with Crippen LogP contribution in [0.2, 0.25) is 0 Å². The molecule has 0 bridgehead atoms. The number of aliphatic carboxylic acids is 1. The third kappa shape index (κ3) is 4.90. The van der Waals surface area contributed by atoms with Crippen molar-refractivity contribution >= 4 is 28.3 Å². The zero-order valence-electron chi connectivity index (χ0n) is 19.6. The minimum atomic E-state index is -5.08. The third-order valence-corrected chi connectivity index (χ3v) is 7.57. The van der Waals surface area contributed by atoms with Crippen molar-refractivity contribution in [2.45, 2.75) is 25.1 Å². The van der Waals surface area contributed by atoms with Gasteiger partial charge in [0.2, 0.25) is 5.13 Å². The zero-order chi connectivity index (χ0) is 27.0. The first-order valence-corrected chi connectivity index (χ1v) is 12.4. The smallest absolute Gasteiger partial charge is 0.475 e. The molecule has 1 atom stereocenters. The summed E-state index contributed by atoms with van der Waals surface area (Å²) in [7, 11) is 0. The van der Waals surface area contributed by atoms with E-state index in [1.165, 1.54) is 0 Å². The van der Waals surface area contributed by atoms with Gasteiger partial charge in [0.25, 0.3) is 0 Å². The first-order chi connectivity index (χ1) is 18.1. The number of anilines is 2. The van der Waals surface area contributed by atoms with Crippen molar-refractivity contribution in [1.29, 1.82) is 0 Å². The van der Waals surface area contributed by atoms with Crippen LogP contribution >= 0.6 is 11.3 Å². The number of alkyl halides is 3. The molecule has 198 valence electrons. The standard InChI is InChI=1S/C22H20FN7S.C2HF3O2/c23-16-3-1-2-15-17-11-25-12-30(17)20(19(15)16)13-5-8-29(9-6-13)22-28-27-21(31-22)14-4-7-26-18(24)10-14;3-2(4,5)1(6)7/h1-4,7,10-13,20H,5-6,8-9H2,(H2,24,26);(H,6,7). The number of carboxylic acids is 1. The number of nitrogens with two attached hydrogens (primary N) is 1. The Bertz CT molecular complexity index is 1460. The molecule has 1 saturated heterocycles. The van der Waals surface area contributed by atoms with Gasteiger partial charge in [-0.05, 0) is 37.0 Å². The molecule has 9 nitrogen and oxygen atoms in total. The number of imidazole rings is 1. The molecule has 0 aliphatic carbocycles. The van der Waals surface area contributed by atoms with Gasteiger partial charge >= 0.3 is 12.1 Å². The molecule has 2 aliphatic rings. The molecule has 3 aromatic heterocycles. The highest BCUT2D eigenvalue weighted by molar-refractivity contribution is 7.18. The fourth-order valence-electron chi connectivity index (χ4n) is 4.85. The Balaban J connectivity index is 0.000000374. The van der Waals surface area contributed by atoms with Gasteiger partial charge in [-0.3, -0.25) is 0 Å². The van der Waals surface area contributed by atoms with Gasteiger partial charge in [-0.2, -0.15) is 13.2 Å². The van der Waals surface area contributed by atoms with E-state index in [0.717, 1.165) is 58.5 Å². The quantitative estimate of drug-likeness (QED) is 0.356. The minimum absolute atomic E-state index is 0.000579. The lowest BCUT2D eigenvalue weighted by atomic mass is 9.85. The first kappa shape index (κ1) is 25.6. The molecule has 2 aliphatic heterocycles. The number of nitrogens with zero attached hydrogens (tertiary/aromatic N) is 6. The number of benzene rings is 1. The summed E-state index contributed by atoms with van der Waals surface area (Å²) in [5.41, 5.74) is 9.51. The molecule has 14 heteroatoms. The van der Waals surface area contributed by atoms with E-state index in [0.29, 0.717) is 11.7 Å². The molecule has 0 amide bonds. The SMILES string of the molecule is Nc1cc(-c2nnc(N3CCC(C4c5c(F)cccc5-c5cncn54)CC3)s2)ccn1.O=C(O)C(F)(F)F. The lowest BCUT2D eigenvalue weighted by Gasteiger charge is -2.35. The molecular weight excluding hydrogens is 526 g/mol. The summed E-state index contributed by atoms with van der Waals surface area (Å²) in [6.45, 7) is 1.73. The molecule has 5 heterocycles. The summed E-state index contributed by atoms with van der Waals surface area (Å²) in [6, 6.07) is 9.04. The number of hydrogen-bond donors (Lipinski definition) is 2. The molecule has 1 unspecified atom stereocenters. The summed E-state index contributed by atoms with van der Waals surface area (Å²) < 4.78 is 48.7. The summed E-state index contributed by atoms with van der Waals surface area (Å²) in [6.07, 6.45) is 2.17. The van der Waals surface area contributed by atoms with Crippen LogP contribution in [0.3, 0.4) is 0 Å². The maximum absolute atomic E-state index is 14.8. The number of pyridine rings is 1. The Morgan fingerprint density at radius 2 is 1.89 bits per heavy atom. The highest BCUT2D eigenvalue weighted by Crippen LogP contribution is 2.47. The summed E-state index contributed by atoms with van der Waals surface area (Å²) in [5.74, 6) is -2.07. The van der Waals surface area contributed by atoms with Crippen molar-refractivity contribution in [3.63, 3.8) is 0 Å². The second-order valence-corrected chi connectivity index (χ2v) is 9.77. The first-order valence-electron chi connectivity index (χ1n) is 11.5. The predicted octanol–water partition coefficient (Wildman–Crippen LogP) is 4.64. The van der Waals surface area contributed by atoms with Crippen molar-refractivity contribution in [3.05, 3.63) is 60.4 Å².